The number of esters is 1. The van der Waals surface area contributed by atoms with E-state index in [0.29, 0.717) is 0 Å². The van der Waals surface area contributed by atoms with Gasteiger partial charge in [-0.05, 0) is 13.8 Å². The second-order valence-corrected chi connectivity index (χ2v) is 3.82. The van der Waals surface area contributed by atoms with Crippen molar-refractivity contribution in [1.29, 1.82) is 0 Å². The molecule has 0 radical (unpaired) electrons. The van der Waals surface area contributed by atoms with E-state index in [-0.39, 0.29) is 18.4 Å². The predicted molar refractivity (Wildman–Crippen MR) is 52.7 cm³/mol. The van der Waals surface area contributed by atoms with E-state index in [1.807, 2.05) is 0 Å². The first-order valence-electron chi connectivity index (χ1n) is 4.45. The third-order valence-electron chi connectivity index (χ3n) is 1.80. The average molecular weight is 202 g/mol. The van der Waals surface area contributed by atoms with Crippen LogP contribution in [0.5, 0.6) is 0 Å². The molecule has 2 atom stereocenters. The van der Waals surface area contributed by atoms with Gasteiger partial charge in [-0.3, -0.25) is 0 Å². The molecule has 0 aromatic heterocycles. The fraction of sp³-hybridized carbons (Fsp3) is 0.700. The zero-order valence-electron chi connectivity index (χ0n) is 8.91. The highest BCUT2D eigenvalue weighted by Gasteiger charge is 2.26. The molecule has 4 nitrogen and oxygen atoms in total. The lowest BCUT2D eigenvalue weighted by molar-refractivity contribution is -0.137. The molecule has 0 saturated carbocycles. The number of ether oxygens (including phenoxy) is 1. The van der Waals surface area contributed by atoms with Crippen LogP contribution in [0.25, 0.3) is 0 Å². The molecule has 0 aliphatic heterocycles. The minimum absolute atomic E-state index is 0.102. The Bertz CT molecular complexity index is 218. The molecule has 0 saturated heterocycles. The molecule has 0 aliphatic rings. The largest absolute Gasteiger partial charge is 0.466 e. The third kappa shape index (κ3) is 4.99. The van der Waals surface area contributed by atoms with Crippen LogP contribution in [0, 0.1) is 0 Å². The zero-order chi connectivity index (χ0) is 11.4. The van der Waals surface area contributed by atoms with E-state index in [0.717, 1.165) is 0 Å². The molecule has 2 N–H and O–H groups in total. The fourth-order valence-corrected chi connectivity index (χ4v) is 1.38. The number of hydrogen-bond donors (Lipinski definition) is 2. The van der Waals surface area contributed by atoms with Crippen LogP contribution >= 0.6 is 0 Å². The van der Waals surface area contributed by atoms with Crippen molar-refractivity contribution in [3.63, 3.8) is 0 Å². The Balaban J connectivity index is 4.21. The average Bonchev–Trinajstić information content (AvgIpc) is 1.99. The second-order valence-electron chi connectivity index (χ2n) is 3.82. The van der Waals surface area contributed by atoms with Gasteiger partial charge < -0.3 is 14.9 Å². The van der Waals surface area contributed by atoms with Crippen LogP contribution in [0.2, 0.25) is 0 Å². The summed E-state index contributed by atoms with van der Waals surface area (Å²) >= 11 is 0. The minimum Gasteiger partial charge on any atom is -0.466 e. The quantitative estimate of drug-likeness (QED) is 0.507. The van der Waals surface area contributed by atoms with E-state index in [2.05, 4.69) is 11.3 Å². The topological polar surface area (TPSA) is 66.8 Å². The number of hydrogen-bond acceptors (Lipinski definition) is 4. The molecule has 82 valence electrons. The van der Waals surface area contributed by atoms with Crippen LogP contribution in [0.4, 0.5) is 0 Å². The summed E-state index contributed by atoms with van der Waals surface area (Å²) in [5.41, 5.74) is -0.919. The van der Waals surface area contributed by atoms with Crippen LogP contribution in [-0.2, 0) is 9.53 Å². The summed E-state index contributed by atoms with van der Waals surface area (Å²) in [5, 5.41) is 18.9. The molecule has 0 heterocycles. The molecule has 4 heteroatoms. The van der Waals surface area contributed by atoms with Gasteiger partial charge in [0.15, 0.2) is 0 Å². The molecule has 0 bridgehead atoms. The second kappa shape index (κ2) is 5.12. The SMILES string of the molecule is C=C(CC(C)(O)CC(C)O)C(=O)OC. The van der Waals surface area contributed by atoms with Crippen molar-refractivity contribution < 1.29 is 19.7 Å². The van der Waals surface area contributed by atoms with Gasteiger partial charge in [-0.1, -0.05) is 6.58 Å². The first-order valence-corrected chi connectivity index (χ1v) is 4.45. The third-order valence-corrected chi connectivity index (χ3v) is 1.80. The highest BCUT2D eigenvalue weighted by atomic mass is 16.5. The van der Waals surface area contributed by atoms with Gasteiger partial charge in [-0.15, -0.1) is 0 Å². The van der Waals surface area contributed by atoms with Crippen LogP contribution in [0.15, 0.2) is 12.2 Å². The Kier molecular flexibility index (Phi) is 4.80. The standard InChI is InChI=1S/C10H18O4/c1-7(9(12)14-4)5-10(3,13)6-8(2)11/h8,11,13H,1,5-6H2,2-4H3. The molecule has 0 aliphatic carbocycles. The predicted octanol–water partition coefficient (Wildman–Crippen LogP) is 0.628. The van der Waals surface area contributed by atoms with E-state index in [1.54, 1.807) is 13.8 Å². The van der Waals surface area contributed by atoms with Gasteiger partial charge in [0.2, 0.25) is 0 Å². The van der Waals surface area contributed by atoms with Gasteiger partial charge in [-0.25, -0.2) is 4.79 Å². The van der Waals surface area contributed by atoms with Crippen LogP contribution in [-0.4, -0.2) is 35.0 Å². The van der Waals surface area contributed by atoms with Crippen molar-refractivity contribution in [3.8, 4) is 0 Å². The maximum Gasteiger partial charge on any atom is 0.333 e. The minimum atomic E-state index is -1.13. The maximum absolute atomic E-state index is 11.0. The summed E-state index contributed by atoms with van der Waals surface area (Å²) in [6.45, 7) is 6.63. The molecular formula is C10H18O4. The van der Waals surface area contributed by atoms with Gasteiger partial charge in [0, 0.05) is 18.4 Å². The molecule has 0 rings (SSSR count). The van der Waals surface area contributed by atoms with E-state index in [4.69, 9.17) is 5.11 Å². The monoisotopic (exact) mass is 202 g/mol. The smallest absolute Gasteiger partial charge is 0.333 e. The van der Waals surface area contributed by atoms with Gasteiger partial charge >= 0.3 is 5.97 Å². The van der Waals surface area contributed by atoms with Crippen molar-refractivity contribution in [3.05, 3.63) is 12.2 Å². The Morgan fingerprint density at radius 1 is 1.64 bits per heavy atom. The van der Waals surface area contributed by atoms with Crippen molar-refractivity contribution >= 4 is 5.97 Å². The lowest BCUT2D eigenvalue weighted by Crippen LogP contribution is -2.30. The molecule has 0 aromatic rings. The van der Waals surface area contributed by atoms with Crippen LogP contribution in [0.3, 0.4) is 0 Å². The normalized spacial score (nSPS) is 16.9. The molecule has 0 amide bonds. The highest BCUT2D eigenvalue weighted by Crippen LogP contribution is 2.21. The Labute approximate surface area is 84.2 Å². The first kappa shape index (κ1) is 13.1. The molecule has 0 fully saturated rings. The van der Waals surface area contributed by atoms with E-state index in [1.165, 1.54) is 7.11 Å². The summed E-state index contributed by atoms with van der Waals surface area (Å²) in [5.74, 6) is -0.532. The van der Waals surface area contributed by atoms with Crippen LogP contribution < -0.4 is 0 Å². The summed E-state index contributed by atoms with van der Waals surface area (Å²) in [4.78, 5) is 11.0. The molecule has 2 unspecified atom stereocenters. The fourth-order valence-electron chi connectivity index (χ4n) is 1.38. The molecular weight excluding hydrogens is 184 g/mol. The molecule has 0 spiro atoms. The Hall–Kier alpha value is -0.870. The van der Waals surface area contributed by atoms with E-state index in [9.17, 15) is 9.90 Å². The number of carbonyl (C=O) groups is 1. The van der Waals surface area contributed by atoms with E-state index >= 15 is 0 Å². The number of methoxy groups -OCH3 is 1. The number of aliphatic hydroxyl groups excluding tert-OH is 1. The van der Waals surface area contributed by atoms with Crippen molar-refractivity contribution in [2.45, 2.75) is 38.4 Å². The van der Waals surface area contributed by atoms with Gasteiger partial charge in [-0.2, -0.15) is 0 Å². The van der Waals surface area contributed by atoms with Crippen LogP contribution in [0.1, 0.15) is 26.7 Å². The lowest BCUT2D eigenvalue weighted by Gasteiger charge is -2.24. The van der Waals surface area contributed by atoms with E-state index < -0.39 is 17.7 Å². The summed E-state index contributed by atoms with van der Waals surface area (Å²) in [7, 11) is 1.26. The van der Waals surface area contributed by atoms with Gasteiger partial charge in [0.1, 0.15) is 0 Å². The summed E-state index contributed by atoms with van der Waals surface area (Å²) in [6, 6.07) is 0. The molecule has 0 aromatic carbocycles. The van der Waals surface area contributed by atoms with Crippen molar-refractivity contribution in [2.75, 3.05) is 7.11 Å². The number of carbonyl (C=O) groups excluding carboxylic acids is 1. The first-order chi connectivity index (χ1) is 6.28. The number of rotatable bonds is 5. The summed E-state index contributed by atoms with van der Waals surface area (Å²) in [6.07, 6.45) is -0.316. The van der Waals surface area contributed by atoms with Gasteiger partial charge in [0.05, 0.1) is 18.8 Å². The number of aliphatic hydroxyl groups is 2. The van der Waals surface area contributed by atoms with Crippen molar-refractivity contribution in [2.24, 2.45) is 0 Å². The molecule has 14 heavy (non-hydrogen) atoms. The zero-order valence-corrected chi connectivity index (χ0v) is 8.91. The Morgan fingerprint density at radius 2 is 2.14 bits per heavy atom. The highest BCUT2D eigenvalue weighted by molar-refractivity contribution is 5.87. The summed E-state index contributed by atoms with van der Waals surface area (Å²) < 4.78 is 4.45. The van der Waals surface area contributed by atoms with Gasteiger partial charge in [0.25, 0.3) is 0 Å². The lowest BCUT2D eigenvalue weighted by atomic mass is 9.91. The maximum atomic E-state index is 11.0. The van der Waals surface area contributed by atoms with Crippen molar-refractivity contribution in [1.82, 2.24) is 0 Å². The Morgan fingerprint density at radius 3 is 2.50 bits per heavy atom.